The molecule has 1 atom stereocenters. The molecule has 0 bridgehead atoms. The van der Waals surface area contributed by atoms with Crippen molar-refractivity contribution in [1.82, 2.24) is 10.3 Å². The monoisotopic (exact) mass is 352 g/mol. The zero-order chi connectivity index (χ0) is 18.2. The first-order chi connectivity index (χ1) is 12.7. The molecule has 4 nitrogen and oxygen atoms in total. The third-order valence-corrected chi connectivity index (χ3v) is 5.14. The van der Waals surface area contributed by atoms with Crippen molar-refractivity contribution in [3.05, 3.63) is 59.9 Å². The minimum Gasteiger partial charge on any atom is -0.489 e. The number of benzene rings is 1. The Labute approximate surface area is 156 Å². The summed E-state index contributed by atoms with van der Waals surface area (Å²) in [6.45, 7) is 2.53. The zero-order valence-corrected chi connectivity index (χ0v) is 15.5. The lowest BCUT2D eigenvalue weighted by Gasteiger charge is -2.16. The summed E-state index contributed by atoms with van der Waals surface area (Å²) in [7, 11) is 0. The summed E-state index contributed by atoms with van der Waals surface area (Å²) >= 11 is 0. The van der Waals surface area contributed by atoms with Gasteiger partial charge in [-0.3, -0.25) is 9.78 Å². The van der Waals surface area contributed by atoms with Gasteiger partial charge in [-0.1, -0.05) is 43.9 Å². The lowest BCUT2D eigenvalue weighted by molar-refractivity contribution is -0.122. The van der Waals surface area contributed by atoms with Gasteiger partial charge in [0.15, 0.2) is 0 Å². The first kappa shape index (κ1) is 18.4. The molecule has 1 heterocycles. The van der Waals surface area contributed by atoms with Crippen LogP contribution in [0.2, 0.25) is 0 Å². The molecule has 1 aromatic heterocycles. The second-order valence-corrected chi connectivity index (χ2v) is 7.20. The van der Waals surface area contributed by atoms with E-state index in [1.54, 1.807) is 12.4 Å². The number of carbonyl (C=O) groups excluding carboxylic acids is 1. The Morgan fingerprint density at radius 2 is 2.00 bits per heavy atom. The third-order valence-electron chi connectivity index (χ3n) is 5.14. The number of nitrogens with one attached hydrogen (secondary N) is 1. The SMILES string of the molecule is C[C@H](NC(=O)CCC1CCCC1)c1ccc(OCc2cccnc2)cc1. The van der Waals surface area contributed by atoms with E-state index in [9.17, 15) is 4.79 Å². The Morgan fingerprint density at radius 1 is 1.23 bits per heavy atom. The molecule has 1 N–H and O–H groups in total. The average Bonchev–Trinajstić information content (AvgIpc) is 3.19. The highest BCUT2D eigenvalue weighted by Crippen LogP contribution is 2.28. The molecule has 4 heteroatoms. The van der Waals surface area contributed by atoms with Crippen LogP contribution in [0.5, 0.6) is 5.75 Å². The van der Waals surface area contributed by atoms with E-state index in [-0.39, 0.29) is 11.9 Å². The Morgan fingerprint density at radius 3 is 2.69 bits per heavy atom. The number of ether oxygens (including phenoxy) is 1. The standard InChI is InChI=1S/C22H28N2O2/c1-17(24-22(25)13-8-18-5-2-3-6-18)20-9-11-21(12-10-20)26-16-19-7-4-14-23-15-19/h4,7,9-12,14-15,17-18H,2-3,5-6,8,13,16H2,1H3,(H,24,25)/t17-/m0/s1. The smallest absolute Gasteiger partial charge is 0.220 e. The quantitative estimate of drug-likeness (QED) is 0.742. The summed E-state index contributed by atoms with van der Waals surface area (Å²) in [6, 6.07) is 11.8. The summed E-state index contributed by atoms with van der Waals surface area (Å²) in [4.78, 5) is 16.2. The molecule has 0 radical (unpaired) electrons. The number of pyridine rings is 1. The number of amides is 1. The van der Waals surface area contributed by atoms with Crippen LogP contribution in [0.3, 0.4) is 0 Å². The van der Waals surface area contributed by atoms with Gasteiger partial charge < -0.3 is 10.1 Å². The molecule has 138 valence electrons. The first-order valence-electron chi connectivity index (χ1n) is 9.62. The molecule has 2 aromatic rings. The van der Waals surface area contributed by atoms with Gasteiger partial charge in [-0.25, -0.2) is 0 Å². The number of nitrogens with zero attached hydrogens (tertiary/aromatic N) is 1. The van der Waals surface area contributed by atoms with Gasteiger partial charge in [0.25, 0.3) is 0 Å². The predicted octanol–water partition coefficient (Wildman–Crippen LogP) is 4.81. The summed E-state index contributed by atoms with van der Waals surface area (Å²) in [5.74, 6) is 1.73. The van der Waals surface area contributed by atoms with E-state index >= 15 is 0 Å². The Bertz CT molecular complexity index is 679. The minimum atomic E-state index is 0.0125. The van der Waals surface area contributed by atoms with E-state index in [0.717, 1.165) is 29.2 Å². The van der Waals surface area contributed by atoms with Crippen molar-refractivity contribution in [3.8, 4) is 5.75 Å². The first-order valence-corrected chi connectivity index (χ1v) is 9.62. The second kappa shape index (κ2) is 9.37. The fraction of sp³-hybridized carbons (Fsp3) is 0.455. The van der Waals surface area contributed by atoms with Crippen LogP contribution in [0.4, 0.5) is 0 Å². The largest absolute Gasteiger partial charge is 0.489 e. The van der Waals surface area contributed by atoms with Crippen LogP contribution in [0.1, 0.15) is 62.6 Å². The predicted molar refractivity (Wildman–Crippen MR) is 103 cm³/mol. The van der Waals surface area contributed by atoms with Crippen molar-refractivity contribution in [1.29, 1.82) is 0 Å². The molecular weight excluding hydrogens is 324 g/mol. The highest BCUT2D eigenvalue weighted by molar-refractivity contribution is 5.76. The van der Waals surface area contributed by atoms with Crippen LogP contribution < -0.4 is 10.1 Å². The van der Waals surface area contributed by atoms with Crippen molar-refractivity contribution < 1.29 is 9.53 Å². The normalized spacial score (nSPS) is 15.6. The number of carbonyl (C=O) groups is 1. The fourth-order valence-corrected chi connectivity index (χ4v) is 3.53. The maximum Gasteiger partial charge on any atom is 0.220 e. The molecule has 1 aromatic carbocycles. The van der Waals surface area contributed by atoms with Crippen molar-refractivity contribution in [2.75, 3.05) is 0 Å². The molecule has 0 saturated heterocycles. The van der Waals surface area contributed by atoms with Crippen molar-refractivity contribution in [2.45, 2.75) is 58.1 Å². The van der Waals surface area contributed by atoms with Crippen LogP contribution in [-0.2, 0) is 11.4 Å². The molecule has 1 saturated carbocycles. The number of hydrogen-bond acceptors (Lipinski definition) is 3. The highest BCUT2D eigenvalue weighted by atomic mass is 16.5. The van der Waals surface area contributed by atoms with Crippen LogP contribution in [-0.4, -0.2) is 10.9 Å². The summed E-state index contributed by atoms with van der Waals surface area (Å²) in [6.07, 6.45) is 10.5. The van der Waals surface area contributed by atoms with Gasteiger partial charge in [0.2, 0.25) is 5.91 Å². The van der Waals surface area contributed by atoms with Crippen molar-refractivity contribution in [2.24, 2.45) is 5.92 Å². The van der Waals surface area contributed by atoms with Gasteiger partial charge in [-0.2, -0.15) is 0 Å². The molecule has 0 spiro atoms. The van der Waals surface area contributed by atoms with Gasteiger partial charge in [0.05, 0.1) is 6.04 Å². The third kappa shape index (κ3) is 5.58. The van der Waals surface area contributed by atoms with Crippen molar-refractivity contribution in [3.63, 3.8) is 0 Å². The zero-order valence-electron chi connectivity index (χ0n) is 15.5. The number of rotatable bonds is 8. The molecule has 0 aliphatic heterocycles. The van der Waals surface area contributed by atoms with Crippen LogP contribution in [0, 0.1) is 5.92 Å². The second-order valence-electron chi connectivity index (χ2n) is 7.20. The molecule has 1 amide bonds. The Kier molecular flexibility index (Phi) is 6.64. The van der Waals surface area contributed by atoms with E-state index in [4.69, 9.17) is 4.74 Å². The summed E-state index contributed by atoms with van der Waals surface area (Å²) in [5, 5.41) is 3.11. The molecular formula is C22H28N2O2. The van der Waals surface area contributed by atoms with Crippen LogP contribution in [0.25, 0.3) is 0 Å². The van der Waals surface area contributed by atoms with Gasteiger partial charge in [-0.15, -0.1) is 0 Å². The van der Waals surface area contributed by atoms with Gasteiger partial charge in [0, 0.05) is 24.4 Å². The van der Waals surface area contributed by atoms with Crippen molar-refractivity contribution >= 4 is 5.91 Å². The molecule has 3 rings (SSSR count). The van der Waals surface area contributed by atoms with Gasteiger partial charge in [0.1, 0.15) is 12.4 Å². The van der Waals surface area contributed by atoms with E-state index in [2.05, 4.69) is 10.3 Å². The molecule has 1 aliphatic rings. The average molecular weight is 352 g/mol. The van der Waals surface area contributed by atoms with Crippen LogP contribution >= 0.6 is 0 Å². The van der Waals surface area contributed by atoms with E-state index in [1.165, 1.54) is 25.7 Å². The molecule has 0 unspecified atom stereocenters. The summed E-state index contributed by atoms with van der Waals surface area (Å²) < 4.78 is 5.78. The minimum absolute atomic E-state index is 0.0125. The molecule has 1 aliphatic carbocycles. The summed E-state index contributed by atoms with van der Waals surface area (Å²) in [5.41, 5.74) is 2.13. The van der Waals surface area contributed by atoms with Crippen LogP contribution in [0.15, 0.2) is 48.8 Å². The maximum absolute atomic E-state index is 12.2. The number of hydrogen-bond donors (Lipinski definition) is 1. The molecule has 1 fully saturated rings. The van der Waals surface area contributed by atoms with E-state index < -0.39 is 0 Å². The lowest BCUT2D eigenvalue weighted by atomic mass is 10.0. The van der Waals surface area contributed by atoms with E-state index in [0.29, 0.717) is 13.0 Å². The number of aromatic nitrogens is 1. The van der Waals surface area contributed by atoms with Gasteiger partial charge >= 0.3 is 0 Å². The lowest BCUT2D eigenvalue weighted by Crippen LogP contribution is -2.26. The van der Waals surface area contributed by atoms with Gasteiger partial charge in [-0.05, 0) is 43.0 Å². The topological polar surface area (TPSA) is 51.2 Å². The Balaban J connectivity index is 1.43. The maximum atomic E-state index is 12.2. The Hall–Kier alpha value is -2.36. The van der Waals surface area contributed by atoms with E-state index in [1.807, 2.05) is 43.3 Å². The highest BCUT2D eigenvalue weighted by Gasteiger charge is 2.17. The fourth-order valence-electron chi connectivity index (χ4n) is 3.53. The molecule has 26 heavy (non-hydrogen) atoms.